The van der Waals surface area contributed by atoms with Crippen molar-refractivity contribution < 1.29 is 18.7 Å². The highest BCUT2D eigenvalue weighted by atomic mass is 79.9. The first-order valence-electron chi connectivity index (χ1n) is 9.19. The molecule has 10 heteroatoms. The van der Waals surface area contributed by atoms with Crippen LogP contribution >= 0.6 is 15.9 Å². The predicted octanol–water partition coefficient (Wildman–Crippen LogP) is 2.68. The highest BCUT2D eigenvalue weighted by Crippen LogP contribution is 2.33. The summed E-state index contributed by atoms with van der Waals surface area (Å²) in [7, 11) is 1.20. The number of alkyl halides is 1. The van der Waals surface area contributed by atoms with Crippen LogP contribution in [0.1, 0.15) is 32.1 Å². The van der Waals surface area contributed by atoms with Crippen LogP contribution in [0.3, 0.4) is 0 Å². The van der Waals surface area contributed by atoms with Crippen molar-refractivity contribution in [1.29, 1.82) is 0 Å². The van der Waals surface area contributed by atoms with Gasteiger partial charge >= 0.3 is 6.09 Å². The van der Waals surface area contributed by atoms with E-state index in [9.17, 15) is 18.8 Å². The number of hydrogen-bond donors (Lipinski definition) is 2. The van der Waals surface area contributed by atoms with Crippen molar-refractivity contribution in [3.8, 4) is 0 Å². The van der Waals surface area contributed by atoms with Gasteiger partial charge in [-0.1, -0.05) is 29.8 Å². The molecule has 0 aliphatic carbocycles. The van der Waals surface area contributed by atoms with Crippen molar-refractivity contribution in [2.45, 2.75) is 38.5 Å². The van der Waals surface area contributed by atoms with Crippen molar-refractivity contribution in [2.24, 2.45) is 5.92 Å². The molecule has 1 aliphatic heterocycles. The maximum atomic E-state index is 14.3. The Morgan fingerprint density at radius 1 is 1.41 bits per heavy atom. The van der Waals surface area contributed by atoms with Gasteiger partial charge in [-0.3, -0.25) is 9.59 Å². The van der Waals surface area contributed by atoms with Crippen molar-refractivity contribution >= 4 is 38.8 Å². The fourth-order valence-electron chi connectivity index (χ4n) is 3.45. The molecule has 0 saturated carbocycles. The summed E-state index contributed by atoms with van der Waals surface area (Å²) >= 11 is 3.32. The number of hydrogen-bond acceptors (Lipinski definition) is 5. The second kappa shape index (κ2) is 8.48. The molecule has 29 heavy (non-hydrogen) atoms. The van der Waals surface area contributed by atoms with Crippen molar-refractivity contribution in [3.05, 3.63) is 38.9 Å². The van der Waals surface area contributed by atoms with Crippen LogP contribution in [0.15, 0.2) is 27.5 Å². The number of alkyl carbamates (subject to hydrolysis) is 1. The lowest BCUT2D eigenvalue weighted by atomic mass is 10.0. The molecular formula is C19H22BrFN4O4. The van der Waals surface area contributed by atoms with Gasteiger partial charge in [0.1, 0.15) is 18.0 Å². The quantitative estimate of drug-likeness (QED) is 0.717. The van der Waals surface area contributed by atoms with Crippen LogP contribution in [0.25, 0.3) is 10.9 Å². The minimum Gasteiger partial charge on any atom is -0.453 e. The van der Waals surface area contributed by atoms with Gasteiger partial charge in [0.25, 0.3) is 5.56 Å². The molecule has 2 aromatic rings. The Morgan fingerprint density at radius 2 is 2.14 bits per heavy atom. The smallest absolute Gasteiger partial charge is 0.407 e. The Morgan fingerprint density at radius 3 is 2.79 bits per heavy atom. The number of benzene rings is 1. The summed E-state index contributed by atoms with van der Waals surface area (Å²) in [5.41, 5.74) is 0.0869. The number of fused-ring (bicyclic) bond motifs is 1. The summed E-state index contributed by atoms with van der Waals surface area (Å²) in [6.07, 6.45) is -1.99. The SMILES string of the molecule is COC(=O)N[C@H](C(=O)N1C[C@@H](F)C[C@H]1c1nc2ccc(Br)cc2c(=O)[nH]1)C(C)C. The van der Waals surface area contributed by atoms with Gasteiger partial charge in [-0.2, -0.15) is 0 Å². The van der Waals surface area contributed by atoms with E-state index in [-0.39, 0.29) is 30.3 Å². The normalized spacial score (nSPS) is 20.1. The second-order valence-electron chi connectivity index (χ2n) is 7.31. The molecule has 1 fully saturated rings. The minimum absolute atomic E-state index is 0.0136. The predicted molar refractivity (Wildman–Crippen MR) is 108 cm³/mol. The summed E-state index contributed by atoms with van der Waals surface area (Å²) in [6.45, 7) is 3.40. The van der Waals surface area contributed by atoms with Gasteiger partial charge < -0.3 is 19.9 Å². The fourth-order valence-corrected chi connectivity index (χ4v) is 3.81. The van der Waals surface area contributed by atoms with Crippen LogP contribution in [-0.4, -0.2) is 52.7 Å². The van der Waals surface area contributed by atoms with E-state index in [1.807, 2.05) is 0 Å². The lowest BCUT2D eigenvalue weighted by Crippen LogP contribution is -2.51. The van der Waals surface area contributed by atoms with Crippen molar-refractivity contribution in [2.75, 3.05) is 13.7 Å². The standard InChI is InChI=1S/C19H22BrFN4O4/c1-9(2)15(23-19(28)29-3)18(27)25-8-11(21)7-14(25)16-22-13-5-4-10(20)6-12(13)17(26)24-16/h4-6,9,11,14-15H,7-8H2,1-3H3,(H,23,28)(H,22,24,26)/t11-,14-,15-/m0/s1. The second-order valence-corrected chi connectivity index (χ2v) is 8.23. The fraction of sp³-hybridized carbons (Fsp3) is 0.474. The first-order chi connectivity index (χ1) is 13.7. The molecular weight excluding hydrogens is 447 g/mol. The van der Waals surface area contributed by atoms with Crippen LogP contribution in [0, 0.1) is 5.92 Å². The van der Waals surface area contributed by atoms with Crippen molar-refractivity contribution in [3.63, 3.8) is 0 Å². The number of carbonyl (C=O) groups is 2. The van der Waals surface area contributed by atoms with Crippen LogP contribution in [-0.2, 0) is 9.53 Å². The molecule has 1 aliphatic rings. The van der Waals surface area contributed by atoms with E-state index in [1.54, 1.807) is 32.0 Å². The molecule has 0 unspecified atom stereocenters. The molecule has 3 rings (SSSR count). The topological polar surface area (TPSA) is 104 Å². The average Bonchev–Trinajstić information content (AvgIpc) is 3.07. The van der Waals surface area contributed by atoms with Gasteiger partial charge in [-0.25, -0.2) is 14.2 Å². The van der Waals surface area contributed by atoms with E-state index in [0.717, 1.165) is 4.47 Å². The van der Waals surface area contributed by atoms with Crippen LogP contribution in [0.2, 0.25) is 0 Å². The summed E-state index contributed by atoms with van der Waals surface area (Å²) in [5.74, 6) is -0.477. The molecule has 0 bridgehead atoms. The molecule has 2 amide bonds. The Balaban J connectivity index is 1.97. The number of carbonyl (C=O) groups excluding carboxylic acids is 2. The van der Waals surface area contributed by atoms with Crippen LogP contribution in [0.4, 0.5) is 9.18 Å². The minimum atomic E-state index is -1.26. The number of likely N-dealkylation sites (tertiary alicyclic amines) is 1. The summed E-state index contributed by atoms with van der Waals surface area (Å²) < 4.78 is 19.6. The van der Waals surface area contributed by atoms with Crippen LogP contribution < -0.4 is 10.9 Å². The number of nitrogens with one attached hydrogen (secondary N) is 2. The monoisotopic (exact) mass is 468 g/mol. The molecule has 0 radical (unpaired) electrons. The highest BCUT2D eigenvalue weighted by molar-refractivity contribution is 9.10. The van der Waals surface area contributed by atoms with E-state index < -0.39 is 30.3 Å². The molecule has 2 heterocycles. The molecule has 1 saturated heterocycles. The number of rotatable bonds is 4. The maximum absolute atomic E-state index is 14.3. The number of H-pyrrole nitrogens is 1. The third-order valence-corrected chi connectivity index (χ3v) is 5.42. The lowest BCUT2D eigenvalue weighted by molar-refractivity contribution is -0.135. The number of aromatic amines is 1. The Kier molecular flexibility index (Phi) is 6.21. The van der Waals surface area contributed by atoms with Gasteiger partial charge in [0.2, 0.25) is 5.91 Å². The molecule has 1 aromatic carbocycles. The van der Waals surface area contributed by atoms with Gasteiger partial charge in [-0.05, 0) is 24.1 Å². The first-order valence-corrected chi connectivity index (χ1v) is 9.99. The van der Waals surface area contributed by atoms with Gasteiger partial charge in [-0.15, -0.1) is 0 Å². The lowest BCUT2D eigenvalue weighted by Gasteiger charge is -2.30. The summed E-state index contributed by atoms with van der Waals surface area (Å²) in [5, 5.41) is 2.90. The van der Waals surface area contributed by atoms with E-state index >= 15 is 0 Å². The van der Waals surface area contributed by atoms with Crippen LogP contribution in [0.5, 0.6) is 0 Å². The van der Waals surface area contributed by atoms with E-state index in [0.29, 0.717) is 10.9 Å². The van der Waals surface area contributed by atoms with Gasteiger partial charge in [0, 0.05) is 10.9 Å². The molecule has 8 nitrogen and oxygen atoms in total. The number of methoxy groups -OCH3 is 1. The molecule has 0 spiro atoms. The zero-order valence-corrected chi connectivity index (χ0v) is 17.8. The first kappa shape index (κ1) is 21.2. The summed E-state index contributed by atoms with van der Waals surface area (Å²) in [6, 6.07) is 3.46. The van der Waals surface area contributed by atoms with Gasteiger partial charge in [0.15, 0.2) is 0 Å². The Hall–Kier alpha value is -2.49. The summed E-state index contributed by atoms with van der Waals surface area (Å²) in [4.78, 5) is 45.7. The highest BCUT2D eigenvalue weighted by Gasteiger charge is 2.41. The number of halogens is 2. The average molecular weight is 469 g/mol. The number of aromatic nitrogens is 2. The molecule has 156 valence electrons. The number of amides is 2. The van der Waals surface area contributed by atoms with Gasteiger partial charge in [0.05, 0.1) is 30.6 Å². The molecule has 3 atom stereocenters. The third kappa shape index (κ3) is 4.42. The number of nitrogens with zero attached hydrogens (tertiary/aromatic N) is 2. The maximum Gasteiger partial charge on any atom is 0.407 e. The molecule has 2 N–H and O–H groups in total. The molecule has 1 aromatic heterocycles. The zero-order chi connectivity index (χ0) is 21.3. The number of ether oxygens (including phenoxy) is 1. The van der Waals surface area contributed by atoms with E-state index in [1.165, 1.54) is 12.0 Å². The van der Waals surface area contributed by atoms with Crippen molar-refractivity contribution in [1.82, 2.24) is 20.2 Å². The third-order valence-electron chi connectivity index (χ3n) is 4.93. The largest absolute Gasteiger partial charge is 0.453 e. The zero-order valence-electron chi connectivity index (χ0n) is 16.2. The Bertz CT molecular complexity index is 996. The van der Waals surface area contributed by atoms with E-state index in [4.69, 9.17) is 0 Å². The van der Waals surface area contributed by atoms with E-state index in [2.05, 4.69) is 36.0 Å². The Labute approximate surface area is 175 Å².